The van der Waals surface area contributed by atoms with Gasteiger partial charge in [0.1, 0.15) is 24.6 Å². The van der Waals surface area contributed by atoms with Gasteiger partial charge in [-0.15, -0.1) is 0 Å². The normalized spacial score (nSPS) is 27.0. The molecule has 0 radical (unpaired) electrons. The lowest BCUT2D eigenvalue weighted by Gasteiger charge is -2.22. The van der Waals surface area contributed by atoms with Crippen molar-refractivity contribution in [1.82, 2.24) is 24.8 Å². The first-order valence-corrected chi connectivity index (χ1v) is 13.4. The van der Waals surface area contributed by atoms with Crippen LogP contribution in [0.1, 0.15) is 31.9 Å². The van der Waals surface area contributed by atoms with Gasteiger partial charge in [-0.25, -0.2) is 19.7 Å². The molecule has 2 aliphatic rings. The first kappa shape index (κ1) is 24.8. The lowest BCUT2D eigenvalue weighted by Crippen LogP contribution is -2.31. The van der Waals surface area contributed by atoms with Crippen LogP contribution in [-0.2, 0) is 23.3 Å². The molecule has 4 heterocycles. The number of imidazole rings is 1. The maximum absolute atomic E-state index is 12.1. The lowest BCUT2D eigenvalue weighted by molar-refractivity contribution is -0.152. The summed E-state index contributed by atoms with van der Waals surface area (Å²) in [6.07, 6.45) is -0.415. The number of aromatic nitrogens is 4. The maximum atomic E-state index is 12.1. The van der Waals surface area contributed by atoms with Crippen LogP contribution in [0, 0.1) is 0 Å². The van der Waals surface area contributed by atoms with Crippen LogP contribution in [0.25, 0.3) is 11.2 Å². The molecule has 13 nitrogen and oxygen atoms in total. The van der Waals surface area contributed by atoms with Gasteiger partial charge in [-0.1, -0.05) is 37.3 Å². The second-order valence-electron chi connectivity index (χ2n) is 8.29. The van der Waals surface area contributed by atoms with Crippen LogP contribution in [0.15, 0.2) is 43.0 Å². The monoisotopic (exact) mass is 518 g/mol. The van der Waals surface area contributed by atoms with Gasteiger partial charge in [0.05, 0.1) is 12.9 Å². The highest BCUT2D eigenvalue weighted by molar-refractivity contribution is 7.52. The number of anilines is 1. The van der Waals surface area contributed by atoms with Gasteiger partial charge in [0.25, 0.3) is 0 Å². The fraction of sp³-hybridized carbons (Fsp3) is 0.455. The number of nitrogens with one attached hydrogen (secondary N) is 2. The maximum Gasteiger partial charge on any atom is 0.327 e. The van der Waals surface area contributed by atoms with E-state index in [9.17, 15) is 14.3 Å². The summed E-state index contributed by atoms with van der Waals surface area (Å²) in [4.78, 5) is 34.8. The molecule has 5 rings (SSSR count). The van der Waals surface area contributed by atoms with E-state index >= 15 is 0 Å². The number of hydrogen-bond donors (Lipinski definition) is 3. The Morgan fingerprint density at radius 3 is 2.67 bits per heavy atom. The Morgan fingerprint density at radius 2 is 1.92 bits per heavy atom. The van der Waals surface area contributed by atoms with E-state index in [4.69, 9.17) is 18.7 Å². The smallest absolute Gasteiger partial charge is 0.327 e. The zero-order chi connectivity index (χ0) is 25.3. The van der Waals surface area contributed by atoms with Crippen molar-refractivity contribution in [2.45, 2.75) is 44.7 Å². The SMILES string of the molecule is CCNC(=O)Nc1ncnc2c1ncn2[C@@H]1O[C@H](COP(=O)(O)CC)[C@@H]2O[C@H](c3ccccc3)O[C@@H]21. The zero-order valence-electron chi connectivity index (χ0n) is 19.7. The first-order valence-electron chi connectivity index (χ1n) is 11.6. The van der Waals surface area contributed by atoms with Crippen molar-refractivity contribution in [3.05, 3.63) is 48.5 Å². The summed E-state index contributed by atoms with van der Waals surface area (Å²) in [6.45, 7) is 3.68. The Labute approximate surface area is 206 Å². The Hall–Kier alpha value is -2.93. The predicted molar refractivity (Wildman–Crippen MR) is 127 cm³/mol. The molecule has 36 heavy (non-hydrogen) atoms. The molecule has 0 spiro atoms. The number of benzene rings is 1. The van der Waals surface area contributed by atoms with Crippen LogP contribution in [0.2, 0.25) is 0 Å². The average Bonchev–Trinajstić information content (AvgIpc) is 3.58. The Kier molecular flexibility index (Phi) is 7.02. The number of amides is 2. The number of nitrogens with zero attached hydrogens (tertiary/aromatic N) is 4. The van der Waals surface area contributed by atoms with Crippen molar-refractivity contribution in [2.75, 3.05) is 24.6 Å². The van der Waals surface area contributed by atoms with E-state index in [0.717, 1.165) is 5.56 Å². The highest BCUT2D eigenvalue weighted by Gasteiger charge is 2.54. The molecule has 3 aromatic rings. The second-order valence-corrected chi connectivity index (χ2v) is 10.5. The first-order chi connectivity index (χ1) is 17.4. The minimum Gasteiger partial charge on any atom is -0.347 e. The van der Waals surface area contributed by atoms with Gasteiger partial charge in [-0.3, -0.25) is 14.4 Å². The fourth-order valence-corrected chi connectivity index (χ4v) is 4.75. The van der Waals surface area contributed by atoms with E-state index < -0.39 is 44.5 Å². The summed E-state index contributed by atoms with van der Waals surface area (Å²) < 4.78 is 37.8. The molecular weight excluding hydrogens is 491 g/mol. The van der Waals surface area contributed by atoms with Crippen LogP contribution in [0.4, 0.5) is 10.6 Å². The molecule has 2 aliphatic heterocycles. The third kappa shape index (κ3) is 4.85. The van der Waals surface area contributed by atoms with Crippen molar-refractivity contribution in [3.8, 4) is 0 Å². The van der Waals surface area contributed by atoms with Crippen LogP contribution in [-0.4, -0.2) is 68.1 Å². The molecule has 1 aromatic carbocycles. The van der Waals surface area contributed by atoms with Crippen LogP contribution in [0.3, 0.4) is 0 Å². The summed E-state index contributed by atoms with van der Waals surface area (Å²) in [5.74, 6) is 0.244. The third-order valence-corrected chi connectivity index (χ3v) is 7.31. The van der Waals surface area contributed by atoms with E-state index in [1.54, 1.807) is 18.4 Å². The van der Waals surface area contributed by atoms with Gasteiger partial charge < -0.3 is 28.9 Å². The van der Waals surface area contributed by atoms with Gasteiger partial charge in [0.15, 0.2) is 29.5 Å². The molecule has 6 atom stereocenters. The number of carbonyl (C=O) groups excluding carboxylic acids is 1. The molecule has 3 N–H and O–H groups in total. The summed E-state index contributed by atoms with van der Waals surface area (Å²) >= 11 is 0. The Morgan fingerprint density at radius 1 is 1.14 bits per heavy atom. The van der Waals surface area contributed by atoms with Crippen molar-refractivity contribution >= 4 is 30.6 Å². The number of carbonyl (C=O) groups is 1. The standard InChI is InChI=1S/C22H27N6O7P/c1-3-23-22(29)27-18-15-19(25-11-24-18)28(12-26-15)20-17-16(14(33-20)10-32-36(30,31)4-2)34-21(35-17)13-8-6-5-7-9-13/h5-9,11-12,14,16-17,20-21H,3-4,10H2,1-2H3,(H,30,31)(H2,23,24,25,27,29)/t14-,16+,17+,20-,21+/m1/s1. The molecule has 0 aliphatic carbocycles. The highest BCUT2D eigenvalue weighted by atomic mass is 31.2. The van der Waals surface area contributed by atoms with E-state index in [1.807, 2.05) is 30.3 Å². The molecule has 1 unspecified atom stereocenters. The topological polar surface area (TPSA) is 159 Å². The number of fused-ring (bicyclic) bond motifs is 2. The lowest BCUT2D eigenvalue weighted by atomic mass is 10.1. The van der Waals surface area contributed by atoms with Crippen molar-refractivity contribution in [2.24, 2.45) is 0 Å². The molecule has 2 fully saturated rings. The largest absolute Gasteiger partial charge is 0.347 e. The number of urea groups is 1. The van der Waals surface area contributed by atoms with Crippen molar-refractivity contribution in [1.29, 1.82) is 0 Å². The molecule has 2 saturated heterocycles. The van der Waals surface area contributed by atoms with Gasteiger partial charge in [0, 0.05) is 18.3 Å². The molecular formula is C22H27N6O7P. The number of ether oxygens (including phenoxy) is 3. The molecule has 0 bridgehead atoms. The van der Waals surface area contributed by atoms with Crippen LogP contribution < -0.4 is 10.6 Å². The van der Waals surface area contributed by atoms with Crippen molar-refractivity contribution < 1.29 is 33.0 Å². The molecule has 0 saturated carbocycles. The minimum atomic E-state index is -3.74. The number of rotatable bonds is 8. The Balaban J connectivity index is 1.45. The van der Waals surface area contributed by atoms with Gasteiger partial charge in [0.2, 0.25) is 0 Å². The van der Waals surface area contributed by atoms with Gasteiger partial charge in [-0.2, -0.15) is 0 Å². The van der Waals surface area contributed by atoms with Gasteiger partial charge in [-0.05, 0) is 6.92 Å². The van der Waals surface area contributed by atoms with Gasteiger partial charge >= 0.3 is 13.6 Å². The van der Waals surface area contributed by atoms with Crippen LogP contribution in [0.5, 0.6) is 0 Å². The molecule has 14 heteroatoms. The minimum absolute atomic E-state index is 0.0221. The molecule has 2 aromatic heterocycles. The zero-order valence-corrected chi connectivity index (χ0v) is 20.6. The third-order valence-electron chi connectivity index (χ3n) is 5.96. The van der Waals surface area contributed by atoms with Crippen LogP contribution >= 0.6 is 7.60 Å². The fourth-order valence-electron chi connectivity index (χ4n) is 4.18. The quantitative estimate of drug-likeness (QED) is 0.378. The van der Waals surface area contributed by atoms with Crippen molar-refractivity contribution in [3.63, 3.8) is 0 Å². The summed E-state index contributed by atoms with van der Waals surface area (Å²) in [7, 11) is -3.74. The average molecular weight is 518 g/mol. The second kappa shape index (κ2) is 10.2. The Bertz CT molecular complexity index is 1270. The van der Waals surface area contributed by atoms with E-state index in [0.29, 0.717) is 17.7 Å². The summed E-state index contributed by atoms with van der Waals surface area (Å²) in [6, 6.07) is 9.05. The van der Waals surface area contributed by atoms with E-state index in [2.05, 4.69) is 25.6 Å². The highest BCUT2D eigenvalue weighted by Crippen LogP contribution is 2.47. The number of hydrogen-bond acceptors (Lipinski definition) is 9. The van der Waals surface area contributed by atoms with E-state index in [1.165, 1.54) is 12.7 Å². The molecule has 192 valence electrons. The summed E-state index contributed by atoms with van der Waals surface area (Å²) in [5.41, 5.74) is 1.61. The molecule has 2 amide bonds. The summed E-state index contributed by atoms with van der Waals surface area (Å²) in [5, 5.41) is 5.31. The van der Waals surface area contributed by atoms with E-state index in [-0.39, 0.29) is 18.6 Å². The predicted octanol–water partition coefficient (Wildman–Crippen LogP) is 2.57.